The summed E-state index contributed by atoms with van der Waals surface area (Å²) in [5, 5.41) is 9.99. The Bertz CT molecular complexity index is 955. The van der Waals surface area contributed by atoms with Gasteiger partial charge >= 0.3 is 0 Å². The van der Waals surface area contributed by atoms with Crippen molar-refractivity contribution in [3.8, 4) is 11.1 Å². The summed E-state index contributed by atoms with van der Waals surface area (Å²) in [6.45, 7) is 2.02. The average Bonchev–Trinajstić information content (AvgIpc) is 2.87. The Morgan fingerprint density at radius 2 is 1.67 bits per heavy atom. The smallest absolute Gasteiger partial charge is 0.123 e. The highest BCUT2D eigenvalue weighted by Crippen LogP contribution is 2.32. The maximum Gasteiger partial charge on any atom is 0.123 e. The van der Waals surface area contributed by atoms with Crippen molar-refractivity contribution in [3.63, 3.8) is 0 Å². The van der Waals surface area contributed by atoms with Gasteiger partial charge in [0.15, 0.2) is 0 Å². The first kappa shape index (κ1) is 12.0. The molecule has 0 radical (unpaired) electrons. The summed E-state index contributed by atoms with van der Waals surface area (Å²) in [7, 11) is 1.84. The Labute approximate surface area is 122 Å². The topological polar surface area (TPSA) is 43.6 Å². The van der Waals surface area contributed by atoms with Crippen molar-refractivity contribution in [2.24, 2.45) is 7.05 Å². The van der Waals surface area contributed by atoms with E-state index >= 15 is 0 Å². The summed E-state index contributed by atoms with van der Waals surface area (Å²) in [4.78, 5) is 6.25. The zero-order valence-corrected chi connectivity index (χ0v) is 11.9. The van der Waals surface area contributed by atoms with E-state index in [-0.39, 0.29) is 0 Å². The summed E-state index contributed by atoms with van der Waals surface area (Å²) >= 11 is 0. The molecule has 0 amide bonds. The Morgan fingerprint density at radius 3 is 2.48 bits per heavy atom. The summed E-state index contributed by atoms with van der Waals surface area (Å²) in [5.41, 5.74) is 6.09. The molecule has 0 bridgehead atoms. The third kappa shape index (κ3) is 1.88. The fourth-order valence-corrected chi connectivity index (χ4v) is 2.78. The van der Waals surface area contributed by atoms with E-state index in [9.17, 15) is 0 Å². The van der Waals surface area contributed by atoms with Crippen LogP contribution in [0.25, 0.3) is 33.1 Å². The second-order valence-corrected chi connectivity index (χ2v) is 5.19. The van der Waals surface area contributed by atoms with E-state index in [4.69, 9.17) is 0 Å². The molecule has 0 spiro atoms. The minimum absolute atomic E-state index is 0.896. The van der Waals surface area contributed by atoms with Crippen LogP contribution in [0.4, 0.5) is 0 Å². The molecule has 0 aliphatic heterocycles. The fraction of sp³-hybridized carbons (Fsp3) is 0.118. The van der Waals surface area contributed by atoms with Crippen LogP contribution in [0, 0.1) is 6.92 Å². The lowest BCUT2D eigenvalue weighted by molar-refractivity contribution is 0.665. The third-order valence-corrected chi connectivity index (χ3v) is 3.64. The highest BCUT2D eigenvalue weighted by Gasteiger charge is 2.13. The Kier molecular flexibility index (Phi) is 2.51. The standard InChI is InChI=1S/C17H14N4/c1-11-10-13(12-6-4-3-5-7-12)16-14(18-11)8-9-15-17(16)20-21(2)19-15/h3-10H,1-2H3. The van der Waals surface area contributed by atoms with Crippen LogP contribution in [-0.4, -0.2) is 20.0 Å². The Balaban J connectivity index is 2.20. The summed E-state index contributed by atoms with van der Waals surface area (Å²) in [6.07, 6.45) is 0. The molecule has 2 heterocycles. The number of hydrogen-bond acceptors (Lipinski definition) is 3. The van der Waals surface area contributed by atoms with Crippen molar-refractivity contribution in [2.75, 3.05) is 0 Å². The van der Waals surface area contributed by atoms with Crippen molar-refractivity contribution >= 4 is 21.9 Å². The van der Waals surface area contributed by atoms with Gasteiger partial charge < -0.3 is 0 Å². The van der Waals surface area contributed by atoms with E-state index in [0.717, 1.165) is 33.2 Å². The van der Waals surface area contributed by atoms with Crippen molar-refractivity contribution in [1.82, 2.24) is 20.0 Å². The maximum absolute atomic E-state index is 4.64. The Morgan fingerprint density at radius 1 is 0.905 bits per heavy atom. The molecule has 4 rings (SSSR count). The number of aromatic nitrogens is 4. The molecule has 4 heteroatoms. The van der Waals surface area contributed by atoms with Gasteiger partial charge in [0.25, 0.3) is 0 Å². The van der Waals surface area contributed by atoms with E-state index < -0.39 is 0 Å². The summed E-state index contributed by atoms with van der Waals surface area (Å²) < 4.78 is 0. The van der Waals surface area contributed by atoms with E-state index in [1.165, 1.54) is 5.56 Å². The van der Waals surface area contributed by atoms with Crippen LogP contribution in [0.5, 0.6) is 0 Å². The molecule has 0 atom stereocenters. The molecule has 0 unspecified atom stereocenters. The van der Waals surface area contributed by atoms with E-state index in [1.54, 1.807) is 4.80 Å². The van der Waals surface area contributed by atoms with Crippen molar-refractivity contribution < 1.29 is 0 Å². The molecule has 0 fully saturated rings. The van der Waals surface area contributed by atoms with Gasteiger partial charge in [-0.3, -0.25) is 4.98 Å². The van der Waals surface area contributed by atoms with Gasteiger partial charge in [-0.1, -0.05) is 30.3 Å². The van der Waals surface area contributed by atoms with Crippen LogP contribution in [0.2, 0.25) is 0 Å². The molecule has 0 aliphatic rings. The number of pyridine rings is 1. The molecule has 2 aromatic carbocycles. The number of rotatable bonds is 1. The molecule has 4 nitrogen and oxygen atoms in total. The Hall–Kier alpha value is -2.75. The number of hydrogen-bond donors (Lipinski definition) is 0. The monoisotopic (exact) mass is 274 g/mol. The number of nitrogens with zero attached hydrogens (tertiary/aromatic N) is 4. The summed E-state index contributed by atoms with van der Waals surface area (Å²) in [5.74, 6) is 0. The number of benzene rings is 2. The van der Waals surface area contributed by atoms with Crippen LogP contribution in [-0.2, 0) is 7.05 Å². The SMILES string of the molecule is Cc1cc(-c2ccccc2)c2c(ccc3nn(C)nc32)n1. The van der Waals surface area contributed by atoms with E-state index in [1.807, 2.05) is 44.3 Å². The number of aryl methyl sites for hydroxylation is 2. The third-order valence-electron chi connectivity index (χ3n) is 3.64. The molecule has 4 aromatic rings. The van der Waals surface area contributed by atoms with Crippen LogP contribution < -0.4 is 0 Å². The minimum Gasteiger partial charge on any atom is -0.253 e. The zero-order chi connectivity index (χ0) is 14.4. The molecule has 2 aromatic heterocycles. The molecule has 0 aliphatic carbocycles. The van der Waals surface area contributed by atoms with Gasteiger partial charge in [0.2, 0.25) is 0 Å². The highest BCUT2D eigenvalue weighted by molar-refractivity contribution is 6.10. The second kappa shape index (κ2) is 4.38. The van der Waals surface area contributed by atoms with Gasteiger partial charge in [-0.15, -0.1) is 0 Å². The van der Waals surface area contributed by atoms with E-state index in [0.29, 0.717) is 0 Å². The van der Waals surface area contributed by atoms with Crippen molar-refractivity contribution in [2.45, 2.75) is 6.92 Å². The lowest BCUT2D eigenvalue weighted by Crippen LogP contribution is -1.91. The van der Waals surface area contributed by atoms with Crippen LogP contribution >= 0.6 is 0 Å². The normalized spacial score (nSPS) is 11.3. The van der Waals surface area contributed by atoms with E-state index in [2.05, 4.69) is 33.4 Å². The lowest BCUT2D eigenvalue weighted by Gasteiger charge is -2.08. The summed E-state index contributed by atoms with van der Waals surface area (Å²) in [6, 6.07) is 16.5. The van der Waals surface area contributed by atoms with Gasteiger partial charge in [-0.25, -0.2) is 0 Å². The molecule has 0 saturated carbocycles. The van der Waals surface area contributed by atoms with Gasteiger partial charge in [-0.2, -0.15) is 15.0 Å². The fourth-order valence-electron chi connectivity index (χ4n) is 2.78. The molecule has 102 valence electrons. The predicted octanol–water partition coefficient (Wildman–Crippen LogP) is 3.49. The minimum atomic E-state index is 0.896. The van der Waals surface area contributed by atoms with Crippen LogP contribution in [0.1, 0.15) is 5.69 Å². The zero-order valence-electron chi connectivity index (χ0n) is 11.9. The van der Waals surface area contributed by atoms with Gasteiger partial charge in [0, 0.05) is 18.1 Å². The van der Waals surface area contributed by atoms with Gasteiger partial charge in [0.05, 0.1) is 5.52 Å². The highest BCUT2D eigenvalue weighted by atomic mass is 15.4. The first-order valence-electron chi connectivity index (χ1n) is 6.89. The van der Waals surface area contributed by atoms with Gasteiger partial charge in [0.1, 0.15) is 11.0 Å². The molecule has 0 saturated heterocycles. The second-order valence-electron chi connectivity index (χ2n) is 5.19. The average molecular weight is 274 g/mol. The number of fused-ring (bicyclic) bond motifs is 3. The molecule has 21 heavy (non-hydrogen) atoms. The molecule has 0 N–H and O–H groups in total. The van der Waals surface area contributed by atoms with Crippen molar-refractivity contribution in [1.29, 1.82) is 0 Å². The molecular formula is C17H14N4. The predicted molar refractivity (Wildman–Crippen MR) is 84.0 cm³/mol. The first-order valence-corrected chi connectivity index (χ1v) is 6.89. The molecular weight excluding hydrogens is 260 g/mol. The quantitative estimate of drug-likeness (QED) is 0.533. The van der Waals surface area contributed by atoms with Crippen LogP contribution in [0.15, 0.2) is 48.5 Å². The van der Waals surface area contributed by atoms with Crippen LogP contribution in [0.3, 0.4) is 0 Å². The largest absolute Gasteiger partial charge is 0.253 e. The maximum atomic E-state index is 4.64. The lowest BCUT2D eigenvalue weighted by atomic mass is 9.99. The van der Waals surface area contributed by atoms with Gasteiger partial charge in [-0.05, 0) is 36.2 Å². The van der Waals surface area contributed by atoms with Crippen molar-refractivity contribution in [3.05, 3.63) is 54.2 Å². The first-order chi connectivity index (χ1) is 10.2.